The summed E-state index contributed by atoms with van der Waals surface area (Å²) in [7, 11) is 0. The van der Waals surface area contributed by atoms with Crippen LogP contribution in [-0.2, 0) is 0 Å². The van der Waals surface area contributed by atoms with Gasteiger partial charge in [0.1, 0.15) is 0 Å². The van der Waals surface area contributed by atoms with Crippen molar-refractivity contribution in [3.05, 3.63) is 20.8 Å². The van der Waals surface area contributed by atoms with Gasteiger partial charge in [0.15, 0.2) is 0 Å². The Labute approximate surface area is 117 Å². The largest absolute Gasteiger partial charge is 0.132 e. The highest BCUT2D eigenvalue weighted by Gasteiger charge is 2.66. The average Bonchev–Trinajstić information content (AvgIpc) is 2.68. The molecule has 5 unspecified atom stereocenters. The summed E-state index contributed by atoms with van der Waals surface area (Å²) < 4.78 is 1.26. The van der Waals surface area contributed by atoms with Crippen LogP contribution in [0.4, 0.5) is 0 Å². The molecule has 5 atom stereocenters. The van der Waals surface area contributed by atoms with E-state index < -0.39 is 0 Å². The Morgan fingerprint density at radius 3 is 2.44 bits per heavy atom. The third-order valence-corrected chi connectivity index (χ3v) is 8.11. The first-order valence-corrected chi connectivity index (χ1v) is 8.67. The van der Waals surface area contributed by atoms with E-state index in [2.05, 4.69) is 44.0 Å². The van der Waals surface area contributed by atoms with Crippen molar-refractivity contribution in [1.29, 1.82) is 0 Å². The Bertz CT molecular complexity index is 411. The number of hydrogen-bond donors (Lipinski definition) is 0. The fourth-order valence-corrected chi connectivity index (χ4v) is 7.05. The van der Waals surface area contributed by atoms with Crippen molar-refractivity contribution in [1.82, 2.24) is 0 Å². The zero-order valence-corrected chi connectivity index (χ0v) is 12.9. The standard InChI is InChI=1S/C13H14Br2S/c14-9-4-3-8(16-9)13(15)12-10-6-1-2-7(5-6)11(10)12/h3-4,6-7,10-13H,1-2,5H2. The van der Waals surface area contributed by atoms with Crippen molar-refractivity contribution < 1.29 is 0 Å². The van der Waals surface area contributed by atoms with E-state index in [1.165, 1.54) is 21.5 Å². The van der Waals surface area contributed by atoms with Gasteiger partial charge in [0, 0.05) is 4.88 Å². The predicted octanol–water partition coefficient (Wildman–Crippen LogP) is 5.24. The van der Waals surface area contributed by atoms with E-state index in [-0.39, 0.29) is 0 Å². The van der Waals surface area contributed by atoms with Gasteiger partial charge in [-0.25, -0.2) is 0 Å². The Kier molecular flexibility index (Phi) is 2.37. The minimum atomic E-state index is 0.627. The summed E-state index contributed by atoms with van der Waals surface area (Å²) in [6.07, 6.45) is 4.60. The summed E-state index contributed by atoms with van der Waals surface area (Å²) in [4.78, 5) is 2.15. The van der Waals surface area contributed by atoms with Crippen LogP contribution in [0.5, 0.6) is 0 Å². The summed E-state index contributed by atoms with van der Waals surface area (Å²) in [5.74, 6) is 5.27. The number of halogens is 2. The summed E-state index contributed by atoms with van der Waals surface area (Å²) in [5, 5.41) is 0. The lowest BCUT2D eigenvalue weighted by atomic mass is 10.00. The minimum Gasteiger partial charge on any atom is -0.132 e. The molecule has 1 heterocycles. The molecule has 3 fully saturated rings. The number of fused-ring (bicyclic) bond motifs is 5. The van der Waals surface area contributed by atoms with E-state index >= 15 is 0 Å². The van der Waals surface area contributed by atoms with Crippen LogP contribution in [0.15, 0.2) is 15.9 Å². The van der Waals surface area contributed by atoms with E-state index in [0.29, 0.717) is 4.83 Å². The normalized spacial score (nSPS) is 45.8. The maximum absolute atomic E-state index is 3.95. The second kappa shape index (κ2) is 3.58. The first kappa shape index (κ1) is 10.6. The van der Waals surface area contributed by atoms with Gasteiger partial charge in [-0.1, -0.05) is 15.9 Å². The summed E-state index contributed by atoms with van der Waals surface area (Å²) in [6, 6.07) is 4.46. The van der Waals surface area contributed by atoms with E-state index in [9.17, 15) is 0 Å². The van der Waals surface area contributed by atoms with Crippen molar-refractivity contribution >= 4 is 43.2 Å². The van der Waals surface area contributed by atoms with E-state index in [1.54, 1.807) is 6.42 Å². The van der Waals surface area contributed by atoms with Gasteiger partial charge >= 0.3 is 0 Å². The van der Waals surface area contributed by atoms with Crippen LogP contribution >= 0.6 is 43.2 Å². The fourth-order valence-electron chi connectivity index (χ4n) is 4.45. The van der Waals surface area contributed by atoms with Crippen molar-refractivity contribution in [2.24, 2.45) is 29.6 Å². The Morgan fingerprint density at radius 1 is 1.19 bits per heavy atom. The van der Waals surface area contributed by atoms with Gasteiger partial charge in [0.05, 0.1) is 8.61 Å². The van der Waals surface area contributed by atoms with Crippen molar-refractivity contribution in [2.45, 2.75) is 24.1 Å². The van der Waals surface area contributed by atoms with Gasteiger partial charge in [-0.3, -0.25) is 0 Å². The van der Waals surface area contributed by atoms with Crippen LogP contribution < -0.4 is 0 Å². The highest BCUT2D eigenvalue weighted by Crippen LogP contribution is 2.73. The van der Waals surface area contributed by atoms with Gasteiger partial charge in [0.2, 0.25) is 0 Å². The van der Waals surface area contributed by atoms with Gasteiger partial charge in [-0.05, 0) is 76.9 Å². The molecular weight excluding hydrogens is 348 g/mol. The molecule has 3 aliphatic rings. The van der Waals surface area contributed by atoms with E-state index in [4.69, 9.17) is 0 Å². The zero-order valence-electron chi connectivity index (χ0n) is 8.90. The molecule has 1 aromatic rings. The van der Waals surface area contributed by atoms with Gasteiger partial charge in [-0.2, -0.15) is 0 Å². The number of rotatable bonds is 2. The van der Waals surface area contributed by atoms with Crippen LogP contribution in [0.1, 0.15) is 29.0 Å². The molecule has 0 saturated heterocycles. The Balaban J connectivity index is 1.57. The summed E-state index contributed by atoms with van der Waals surface area (Å²) in [5.41, 5.74) is 0. The predicted molar refractivity (Wildman–Crippen MR) is 75.0 cm³/mol. The molecule has 0 aliphatic heterocycles. The molecule has 1 aromatic heterocycles. The highest BCUT2D eigenvalue weighted by molar-refractivity contribution is 9.11. The topological polar surface area (TPSA) is 0 Å². The third-order valence-electron chi connectivity index (χ3n) is 5.00. The van der Waals surface area contributed by atoms with Crippen LogP contribution in [0, 0.1) is 29.6 Å². The van der Waals surface area contributed by atoms with Crippen LogP contribution in [0.2, 0.25) is 0 Å². The Hall–Kier alpha value is 0.660. The quantitative estimate of drug-likeness (QED) is 0.632. The lowest BCUT2D eigenvalue weighted by Crippen LogP contribution is -2.02. The Morgan fingerprint density at radius 2 is 1.88 bits per heavy atom. The van der Waals surface area contributed by atoms with Crippen molar-refractivity contribution in [3.8, 4) is 0 Å². The second-order valence-electron chi connectivity index (χ2n) is 5.61. The van der Waals surface area contributed by atoms with E-state index in [0.717, 1.165) is 29.6 Å². The van der Waals surface area contributed by atoms with Crippen LogP contribution in [0.3, 0.4) is 0 Å². The molecule has 0 N–H and O–H groups in total. The minimum absolute atomic E-state index is 0.627. The molecule has 0 spiro atoms. The molecule has 3 saturated carbocycles. The molecule has 0 radical (unpaired) electrons. The maximum Gasteiger partial charge on any atom is 0.0701 e. The van der Waals surface area contributed by atoms with Gasteiger partial charge in [-0.15, -0.1) is 11.3 Å². The van der Waals surface area contributed by atoms with Crippen LogP contribution in [-0.4, -0.2) is 0 Å². The molecule has 2 bridgehead atoms. The van der Waals surface area contributed by atoms with Gasteiger partial charge < -0.3 is 0 Å². The number of hydrogen-bond acceptors (Lipinski definition) is 1. The SMILES string of the molecule is Brc1ccc(C(Br)C2C3C4CCC(C4)C32)s1. The third kappa shape index (κ3) is 1.37. The summed E-state index contributed by atoms with van der Waals surface area (Å²) in [6.45, 7) is 0. The van der Waals surface area contributed by atoms with Crippen LogP contribution in [0.25, 0.3) is 0 Å². The molecular formula is C13H14Br2S. The molecule has 4 rings (SSSR count). The monoisotopic (exact) mass is 360 g/mol. The average molecular weight is 362 g/mol. The highest BCUT2D eigenvalue weighted by atomic mass is 79.9. The molecule has 0 nitrogen and oxygen atoms in total. The molecule has 0 aromatic carbocycles. The lowest BCUT2D eigenvalue weighted by molar-refractivity contribution is 0.456. The molecule has 0 amide bonds. The van der Waals surface area contributed by atoms with E-state index in [1.807, 2.05) is 11.3 Å². The maximum atomic E-state index is 3.95. The smallest absolute Gasteiger partial charge is 0.0701 e. The second-order valence-corrected chi connectivity index (χ2v) is 9.09. The number of thiophene rings is 1. The van der Waals surface area contributed by atoms with Gasteiger partial charge in [0.25, 0.3) is 0 Å². The first-order valence-electron chi connectivity index (χ1n) is 6.15. The molecule has 3 aliphatic carbocycles. The first-order chi connectivity index (χ1) is 7.75. The summed E-state index contributed by atoms with van der Waals surface area (Å²) >= 11 is 9.41. The molecule has 3 heteroatoms. The fraction of sp³-hybridized carbons (Fsp3) is 0.692. The van der Waals surface area contributed by atoms with Crippen molar-refractivity contribution in [2.75, 3.05) is 0 Å². The molecule has 86 valence electrons. The molecule has 16 heavy (non-hydrogen) atoms. The lowest BCUT2D eigenvalue weighted by Gasteiger charge is -2.12. The number of alkyl halides is 1. The van der Waals surface area contributed by atoms with Crippen molar-refractivity contribution in [3.63, 3.8) is 0 Å². The zero-order chi connectivity index (χ0) is 10.9.